The quantitative estimate of drug-likeness (QED) is 0.405. The lowest BCUT2D eigenvalue weighted by molar-refractivity contribution is 0.289. The maximum absolute atomic E-state index is 13.8. The summed E-state index contributed by atoms with van der Waals surface area (Å²) >= 11 is 12.9. The van der Waals surface area contributed by atoms with Crippen LogP contribution in [0.4, 0.5) is 4.39 Å². The monoisotopic (exact) mass is 480 g/mol. The topological polar surface area (TPSA) is 48.1 Å². The van der Waals surface area contributed by atoms with Gasteiger partial charge in [-0.3, -0.25) is 10.6 Å². The van der Waals surface area contributed by atoms with E-state index in [1.54, 1.807) is 0 Å². The molecule has 0 aromatic heterocycles. The molecule has 3 unspecified atom stereocenters. The third-order valence-electron chi connectivity index (χ3n) is 7.79. The molecule has 4 nitrogen and oxygen atoms in total. The van der Waals surface area contributed by atoms with Gasteiger partial charge in [-0.25, -0.2) is 4.39 Å². The molecule has 3 aliphatic carbocycles. The van der Waals surface area contributed by atoms with Gasteiger partial charge in [0.25, 0.3) is 0 Å². The molecule has 5 rings (SSSR count). The molecule has 0 bridgehead atoms. The molecule has 0 aromatic carbocycles. The second kappa shape index (κ2) is 10.2. The standard InChI is InChI=1S/C25H35Cl2FN4/c26-20-6-2-1-5-18(20)15-7-10-23-19(12-15)25(30-17-8-9-22(28)21(27)13-17)32-24(31-23)16-4-3-11-29-14-16/h4,15,17,24-25,29-32H,1-3,5-14H2/t15?,17-,24?,25?/m0/s1. The fourth-order valence-corrected chi connectivity index (χ4v) is 6.66. The molecule has 4 N–H and O–H groups in total. The van der Waals surface area contributed by atoms with E-state index in [9.17, 15) is 4.39 Å². The van der Waals surface area contributed by atoms with Crippen molar-refractivity contribution < 1.29 is 4.39 Å². The first-order valence-corrected chi connectivity index (χ1v) is 13.1. The van der Waals surface area contributed by atoms with Crippen LogP contribution in [-0.2, 0) is 0 Å². The van der Waals surface area contributed by atoms with Crippen LogP contribution in [-0.4, -0.2) is 31.5 Å². The molecule has 176 valence electrons. The Kier molecular flexibility index (Phi) is 7.30. The van der Waals surface area contributed by atoms with Crippen LogP contribution in [0.1, 0.15) is 70.6 Å². The Morgan fingerprint density at radius 2 is 1.84 bits per heavy atom. The molecule has 0 spiro atoms. The van der Waals surface area contributed by atoms with Gasteiger partial charge in [-0.15, -0.1) is 0 Å². The van der Waals surface area contributed by atoms with Crippen molar-refractivity contribution in [2.24, 2.45) is 5.92 Å². The highest BCUT2D eigenvalue weighted by atomic mass is 35.5. The van der Waals surface area contributed by atoms with Crippen LogP contribution in [0, 0.1) is 5.92 Å². The Hall–Kier alpha value is -0.850. The summed E-state index contributed by atoms with van der Waals surface area (Å²) in [6.07, 6.45) is 13.3. The number of hydrogen-bond acceptors (Lipinski definition) is 4. The third kappa shape index (κ3) is 4.97. The molecule has 0 aromatic rings. The van der Waals surface area contributed by atoms with E-state index in [0.29, 0.717) is 23.8 Å². The molecule has 7 heteroatoms. The minimum atomic E-state index is -0.143. The summed E-state index contributed by atoms with van der Waals surface area (Å²) in [6, 6.07) is 0.184. The molecule has 2 heterocycles. The Morgan fingerprint density at radius 1 is 0.969 bits per heavy atom. The second-order valence-electron chi connectivity index (χ2n) is 9.92. The predicted octanol–water partition coefficient (Wildman–Crippen LogP) is 5.43. The van der Waals surface area contributed by atoms with Gasteiger partial charge in [-0.1, -0.05) is 34.9 Å². The van der Waals surface area contributed by atoms with Crippen LogP contribution in [0.25, 0.3) is 0 Å². The molecule has 0 radical (unpaired) electrons. The first kappa shape index (κ1) is 22.9. The smallest absolute Gasteiger partial charge is 0.114 e. The van der Waals surface area contributed by atoms with Gasteiger partial charge >= 0.3 is 0 Å². The summed E-state index contributed by atoms with van der Waals surface area (Å²) in [7, 11) is 0. The highest BCUT2D eigenvalue weighted by molar-refractivity contribution is 6.30. The molecule has 4 atom stereocenters. The summed E-state index contributed by atoms with van der Waals surface area (Å²) in [6.45, 7) is 1.95. The van der Waals surface area contributed by atoms with Gasteiger partial charge in [0.05, 0.1) is 11.2 Å². The van der Waals surface area contributed by atoms with E-state index in [0.717, 1.165) is 63.1 Å². The number of rotatable bonds is 4. The lowest BCUT2D eigenvalue weighted by Gasteiger charge is -2.44. The van der Waals surface area contributed by atoms with Crippen LogP contribution in [0.5, 0.6) is 0 Å². The largest absolute Gasteiger partial charge is 0.370 e. The van der Waals surface area contributed by atoms with Crippen molar-refractivity contribution in [3.63, 3.8) is 0 Å². The summed E-state index contributed by atoms with van der Waals surface area (Å²) in [5, 5.41) is 16.5. The zero-order chi connectivity index (χ0) is 22.1. The van der Waals surface area contributed by atoms with E-state index in [1.807, 2.05) is 0 Å². The zero-order valence-corrected chi connectivity index (χ0v) is 20.2. The molecule has 5 aliphatic rings. The zero-order valence-electron chi connectivity index (χ0n) is 18.7. The summed E-state index contributed by atoms with van der Waals surface area (Å²) in [4.78, 5) is 0. The van der Waals surface area contributed by atoms with Crippen LogP contribution < -0.4 is 21.3 Å². The van der Waals surface area contributed by atoms with E-state index in [4.69, 9.17) is 23.2 Å². The number of nitrogens with one attached hydrogen (secondary N) is 4. The Balaban J connectivity index is 1.38. The van der Waals surface area contributed by atoms with Crippen molar-refractivity contribution in [3.05, 3.63) is 44.4 Å². The summed E-state index contributed by atoms with van der Waals surface area (Å²) < 4.78 is 13.8. The molecule has 2 aliphatic heterocycles. The van der Waals surface area contributed by atoms with Gasteiger partial charge in [0.15, 0.2) is 0 Å². The van der Waals surface area contributed by atoms with E-state index >= 15 is 0 Å². The van der Waals surface area contributed by atoms with Crippen molar-refractivity contribution in [2.75, 3.05) is 13.1 Å². The van der Waals surface area contributed by atoms with Gasteiger partial charge in [0, 0.05) is 36.2 Å². The van der Waals surface area contributed by atoms with Gasteiger partial charge in [0.2, 0.25) is 0 Å². The molecule has 0 saturated carbocycles. The van der Waals surface area contributed by atoms with E-state index in [2.05, 4.69) is 27.3 Å². The van der Waals surface area contributed by atoms with Gasteiger partial charge < -0.3 is 10.6 Å². The van der Waals surface area contributed by atoms with Crippen LogP contribution >= 0.6 is 23.2 Å². The number of halogens is 3. The molecule has 0 saturated heterocycles. The Morgan fingerprint density at radius 3 is 2.62 bits per heavy atom. The molecular weight excluding hydrogens is 446 g/mol. The van der Waals surface area contributed by atoms with Crippen molar-refractivity contribution in [1.82, 2.24) is 21.3 Å². The SMILES string of the molecule is FC1=C(Cl)C[C@@H](NC2NC(C3=CCCNC3)NC3=C2CC(C2=C(Cl)CCCC2)CC3)CC1. The lowest BCUT2D eigenvalue weighted by Crippen LogP contribution is -2.62. The van der Waals surface area contributed by atoms with Gasteiger partial charge in [-0.2, -0.15) is 0 Å². The molecule has 0 amide bonds. The third-order valence-corrected chi connectivity index (χ3v) is 8.58. The average Bonchev–Trinajstić information content (AvgIpc) is 2.82. The van der Waals surface area contributed by atoms with Crippen LogP contribution in [0.2, 0.25) is 0 Å². The van der Waals surface area contributed by atoms with Crippen LogP contribution in [0.15, 0.2) is 44.4 Å². The fourth-order valence-electron chi connectivity index (χ4n) is 6.00. The second-order valence-corrected chi connectivity index (χ2v) is 10.8. The number of allylic oxidation sites excluding steroid dienone is 4. The van der Waals surface area contributed by atoms with E-state index < -0.39 is 0 Å². The first-order valence-electron chi connectivity index (χ1n) is 12.4. The maximum atomic E-state index is 13.8. The van der Waals surface area contributed by atoms with Gasteiger partial charge in [-0.05, 0) is 81.4 Å². The predicted molar refractivity (Wildman–Crippen MR) is 130 cm³/mol. The van der Waals surface area contributed by atoms with E-state index in [1.165, 1.54) is 35.3 Å². The normalized spacial score (nSPS) is 34.3. The highest BCUT2D eigenvalue weighted by Crippen LogP contribution is 2.42. The average molecular weight is 481 g/mol. The summed E-state index contributed by atoms with van der Waals surface area (Å²) in [5.41, 5.74) is 5.68. The molecule has 32 heavy (non-hydrogen) atoms. The van der Waals surface area contributed by atoms with Crippen molar-refractivity contribution in [2.45, 2.75) is 89.0 Å². The Bertz CT molecular complexity index is 862. The van der Waals surface area contributed by atoms with Gasteiger partial charge in [0.1, 0.15) is 12.0 Å². The van der Waals surface area contributed by atoms with Crippen molar-refractivity contribution >= 4 is 23.2 Å². The highest BCUT2D eigenvalue weighted by Gasteiger charge is 2.37. The minimum absolute atomic E-state index is 0.0699. The Labute approximate surface area is 201 Å². The van der Waals surface area contributed by atoms with Crippen LogP contribution in [0.3, 0.4) is 0 Å². The fraction of sp³-hybridized carbons (Fsp3) is 0.680. The lowest BCUT2D eigenvalue weighted by atomic mass is 9.76. The summed E-state index contributed by atoms with van der Waals surface area (Å²) in [5.74, 6) is 0.393. The molecule has 0 fully saturated rings. The number of hydrogen-bond donors (Lipinski definition) is 4. The maximum Gasteiger partial charge on any atom is 0.114 e. The van der Waals surface area contributed by atoms with Crippen molar-refractivity contribution in [3.8, 4) is 0 Å². The van der Waals surface area contributed by atoms with E-state index in [-0.39, 0.29) is 24.2 Å². The van der Waals surface area contributed by atoms with Crippen molar-refractivity contribution in [1.29, 1.82) is 0 Å². The molecular formula is C25H35Cl2FN4. The minimum Gasteiger partial charge on any atom is -0.370 e. The first-order chi connectivity index (χ1) is 15.6.